The Morgan fingerprint density at radius 2 is 1.89 bits per heavy atom. The number of nitrogens with zero attached hydrogens (tertiary/aromatic N) is 1. The SMILES string of the molecule is CC(C)(N)C(C)(C)C(=O)N1CCC(CCC(=O)O)C1. The number of carbonyl (C=O) groups excluding carboxylic acids is 1. The summed E-state index contributed by atoms with van der Waals surface area (Å²) in [6, 6.07) is 0. The van der Waals surface area contributed by atoms with E-state index in [4.69, 9.17) is 10.8 Å². The topological polar surface area (TPSA) is 83.6 Å². The molecule has 0 saturated carbocycles. The molecule has 1 amide bonds. The third-order valence-electron chi connectivity index (χ3n) is 4.49. The van der Waals surface area contributed by atoms with Gasteiger partial charge in [-0.1, -0.05) is 0 Å². The van der Waals surface area contributed by atoms with E-state index in [9.17, 15) is 9.59 Å². The second-order valence-corrected chi connectivity index (χ2v) is 6.68. The van der Waals surface area contributed by atoms with Crippen LogP contribution >= 0.6 is 0 Å². The summed E-state index contributed by atoms with van der Waals surface area (Å²) in [6.07, 6.45) is 1.71. The maximum absolute atomic E-state index is 12.5. The summed E-state index contributed by atoms with van der Waals surface area (Å²) in [6.45, 7) is 8.85. The molecular weight excluding hydrogens is 244 g/mol. The summed E-state index contributed by atoms with van der Waals surface area (Å²) in [7, 11) is 0. The fourth-order valence-electron chi connectivity index (χ4n) is 2.25. The number of likely N-dealkylation sites (tertiary alicyclic amines) is 1. The lowest BCUT2D eigenvalue weighted by molar-refractivity contribution is -0.142. The van der Waals surface area contributed by atoms with E-state index in [1.54, 1.807) is 0 Å². The van der Waals surface area contributed by atoms with E-state index in [1.165, 1.54) is 0 Å². The number of hydrogen-bond donors (Lipinski definition) is 2. The molecule has 5 nitrogen and oxygen atoms in total. The predicted octanol–water partition coefficient (Wildman–Crippen LogP) is 1.46. The number of carbonyl (C=O) groups is 2. The van der Waals surface area contributed by atoms with Gasteiger partial charge >= 0.3 is 5.97 Å². The molecule has 110 valence electrons. The van der Waals surface area contributed by atoms with Gasteiger partial charge in [-0.25, -0.2) is 0 Å². The van der Waals surface area contributed by atoms with E-state index >= 15 is 0 Å². The van der Waals surface area contributed by atoms with Crippen LogP contribution in [0.15, 0.2) is 0 Å². The highest BCUT2D eigenvalue weighted by Gasteiger charge is 2.44. The average Bonchev–Trinajstić information content (AvgIpc) is 2.72. The fourth-order valence-corrected chi connectivity index (χ4v) is 2.25. The van der Waals surface area contributed by atoms with Crippen molar-refractivity contribution in [1.82, 2.24) is 4.90 Å². The number of rotatable bonds is 5. The molecular formula is C14H26N2O3. The van der Waals surface area contributed by atoms with E-state index in [2.05, 4.69) is 0 Å². The first-order valence-electron chi connectivity index (χ1n) is 6.85. The Bertz CT molecular complexity index is 358. The highest BCUT2D eigenvalue weighted by Crippen LogP contribution is 2.33. The van der Waals surface area contributed by atoms with Crippen LogP contribution in [0.25, 0.3) is 0 Å². The van der Waals surface area contributed by atoms with Crippen LogP contribution in [-0.4, -0.2) is 40.5 Å². The Kier molecular flexibility index (Phi) is 4.61. The van der Waals surface area contributed by atoms with Crippen molar-refractivity contribution in [2.24, 2.45) is 17.1 Å². The van der Waals surface area contributed by atoms with Gasteiger partial charge in [-0.05, 0) is 46.5 Å². The lowest BCUT2D eigenvalue weighted by Crippen LogP contribution is -2.56. The molecule has 1 aliphatic rings. The van der Waals surface area contributed by atoms with E-state index in [0.717, 1.165) is 6.42 Å². The summed E-state index contributed by atoms with van der Waals surface area (Å²) in [5.74, 6) is -0.400. The monoisotopic (exact) mass is 270 g/mol. The van der Waals surface area contributed by atoms with Crippen LogP contribution in [0, 0.1) is 11.3 Å². The van der Waals surface area contributed by atoms with Crippen LogP contribution in [0.1, 0.15) is 47.0 Å². The second kappa shape index (κ2) is 5.49. The molecule has 19 heavy (non-hydrogen) atoms. The summed E-state index contributed by atoms with van der Waals surface area (Å²) < 4.78 is 0. The lowest BCUT2D eigenvalue weighted by atomic mass is 9.74. The largest absolute Gasteiger partial charge is 0.481 e. The summed E-state index contributed by atoms with van der Waals surface area (Å²) in [4.78, 5) is 24.9. The molecule has 1 unspecified atom stereocenters. The van der Waals surface area contributed by atoms with Crippen molar-refractivity contribution in [3.05, 3.63) is 0 Å². The minimum Gasteiger partial charge on any atom is -0.481 e. The molecule has 1 saturated heterocycles. The van der Waals surface area contributed by atoms with Crippen molar-refractivity contribution in [3.8, 4) is 0 Å². The zero-order valence-electron chi connectivity index (χ0n) is 12.4. The number of hydrogen-bond acceptors (Lipinski definition) is 3. The summed E-state index contributed by atoms with van der Waals surface area (Å²) >= 11 is 0. The minimum atomic E-state index is -0.770. The van der Waals surface area contributed by atoms with Crippen molar-refractivity contribution in [3.63, 3.8) is 0 Å². The fraction of sp³-hybridized carbons (Fsp3) is 0.857. The van der Waals surface area contributed by atoms with Crippen LogP contribution in [0.3, 0.4) is 0 Å². The molecule has 1 rings (SSSR count). The first-order chi connectivity index (χ1) is 8.55. The molecule has 1 fully saturated rings. The molecule has 1 heterocycles. The van der Waals surface area contributed by atoms with Gasteiger partial charge in [0.05, 0.1) is 5.41 Å². The molecule has 0 aromatic rings. The number of nitrogens with two attached hydrogens (primary N) is 1. The number of carboxylic acids is 1. The van der Waals surface area contributed by atoms with Gasteiger partial charge in [-0.3, -0.25) is 9.59 Å². The maximum Gasteiger partial charge on any atom is 0.303 e. The molecule has 0 radical (unpaired) electrons. The van der Waals surface area contributed by atoms with Crippen LogP contribution in [0.2, 0.25) is 0 Å². The van der Waals surface area contributed by atoms with Gasteiger partial charge in [0.1, 0.15) is 0 Å². The Morgan fingerprint density at radius 1 is 1.32 bits per heavy atom. The quantitative estimate of drug-likeness (QED) is 0.792. The second-order valence-electron chi connectivity index (χ2n) is 6.68. The third kappa shape index (κ3) is 3.69. The van der Waals surface area contributed by atoms with Crippen LogP contribution < -0.4 is 5.73 Å². The van der Waals surface area contributed by atoms with Gasteiger partial charge in [0.15, 0.2) is 0 Å². The molecule has 0 aromatic carbocycles. The van der Waals surface area contributed by atoms with E-state index in [-0.39, 0.29) is 12.3 Å². The Labute approximate surface area is 115 Å². The third-order valence-corrected chi connectivity index (χ3v) is 4.49. The lowest BCUT2D eigenvalue weighted by Gasteiger charge is -2.39. The smallest absolute Gasteiger partial charge is 0.303 e. The van der Waals surface area contributed by atoms with Crippen molar-refractivity contribution >= 4 is 11.9 Å². The van der Waals surface area contributed by atoms with Gasteiger partial charge in [-0.2, -0.15) is 0 Å². The highest BCUT2D eigenvalue weighted by molar-refractivity contribution is 5.83. The predicted molar refractivity (Wildman–Crippen MR) is 73.6 cm³/mol. The summed E-state index contributed by atoms with van der Waals surface area (Å²) in [5, 5.41) is 8.69. The molecule has 5 heteroatoms. The standard InChI is InChI=1S/C14H26N2O3/c1-13(2,14(3,4)15)12(19)16-8-7-10(9-16)5-6-11(17)18/h10H,5-9,15H2,1-4H3,(H,17,18). The molecule has 0 bridgehead atoms. The van der Waals surface area contributed by atoms with Crippen molar-refractivity contribution in [2.45, 2.75) is 52.5 Å². The Morgan fingerprint density at radius 3 is 2.37 bits per heavy atom. The molecule has 0 aliphatic carbocycles. The van der Waals surface area contributed by atoms with Gasteiger partial charge in [0.25, 0.3) is 0 Å². The van der Waals surface area contributed by atoms with Crippen molar-refractivity contribution in [1.29, 1.82) is 0 Å². The average molecular weight is 270 g/mol. The van der Waals surface area contributed by atoms with Gasteiger partial charge < -0.3 is 15.7 Å². The van der Waals surface area contributed by atoms with Crippen molar-refractivity contribution in [2.75, 3.05) is 13.1 Å². The Hall–Kier alpha value is -1.10. The molecule has 1 aliphatic heterocycles. The first kappa shape index (κ1) is 16.0. The van der Waals surface area contributed by atoms with E-state index in [0.29, 0.717) is 25.4 Å². The normalized spacial score (nSPS) is 20.7. The Balaban J connectivity index is 2.59. The van der Waals surface area contributed by atoms with Crippen LogP contribution in [0.4, 0.5) is 0 Å². The first-order valence-corrected chi connectivity index (χ1v) is 6.85. The molecule has 3 N–H and O–H groups in total. The van der Waals surface area contributed by atoms with E-state index < -0.39 is 16.9 Å². The maximum atomic E-state index is 12.5. The van der Waals surface area contributed by atoms with Crippen LogP contribution in [-0.2, 0) is 9.59 Å². The van der Waals surface area contributed by atoms with Gasteiger partial charge in [0.2, 0.25) is 5.91 Å². The zero-order valence-corrected chi connectivity index (χ0v) is 12.4. The number of amides is 1. The molecule has 1 atom stereocenters. The minimum absolute atomic E-state index is 0.0674. The van der Waals surface area contributed by atoms with E-state index in [1.807, 2.05) is 32.6 Å². The van der Waals surface area contributed by atoms with Crippen molar-refractivity contribution < 1.29 is 14.7 Å². The number of aliphatic carboxylic acids is 1. The number of carboxylic acid groups (broad SMARTS) is 1. The highest BCUT2D eigenvalue weighted by atomic mass is 16.4. The van der Waals surface area contributed by atoms with Gasteiger partial charge in [0, 0.05) is 25.0 Å². The summed E-state index contributed by atoms with van der Waals surface area (Å²) in [5.41, 5.74) is 4.89. The zero-order chi connectivity index (χ0) is 14.8. The molecule has 0 spiro atoms. The van der Waals surface area contributed by atoms with Gasteiger partial charge in [-0.15, -0.1) is 0 Å². The molecule has 0 aromatic heterocycles. The van der Waals surface area contributed by atoms with Crippen LogP contribution in [0.5, 0.6) is 0 Å².